The second-order valence-corrected chi connectivity index (χ2v) is 7.07. The van der Waals surface area contributed by atoms with Gasteiger partial charge in [0.1, 0.15) is 5.25 Å². The van der Waals surface area contributed by atoms with E-state index >= 15 is 0 Å². The number of carbonyl (C=O) groups excluding carboxylic acids is 2. The molecule has 0 amide bonds. The molecule has 0 aromatic rings. The smallest absolute Gasteiger partial charge is 0.549 e. The largest absolute Gasteiger partial charge is 1.00 e. The van der Waals surface area contributed by atoms with E-state index in [1.54, 1.807) is 0 Å². The molecule has 0 aromatic heterocycles. The molecule has 10 heteroatoms. The van der Waals surface area contributed by atoms with Crippen LogP contribution >= 0.6 is 0 Å². The minimum atomic E-state index is -5.12. The predicted molar refractivity (Wildman–Crippen MR) is 76.1 cm³/mol. The number of hydrogen-bond acceptors (Lipinski definition) is 6. The molecule has 24 heavy (non-hydrogen) atoms. The summed E-state index contributed by atoms with van der Waals surface area (Å²) in [6, 6.07) is 0. The van der Waals surface area contributed by atoms with E-state index in [0.717, 1.165) is 12.8 Å². The van der Waals surface area contributed by atoms with Crippen molar-refractivity contribution in [3.63, 3.8) is 0 Å². The van der Waals surface area contributed by atoms with Crippen LogP contribution in [0.3, 0.4) is 0 Å². The summed E-state index contributed by atoms with van der Waals surface area (Å²) in [5.74, 6) is -3.88. The Morgan fingerprint density at radius 1 is 0.958 bits per heavy atom. The van der Waals surface area contributed by atoms with Crippen LogP contribution in [0.4, 0.5) is 0 Å². The molecule has 0 saturated carbocycles. The molecule has 0 aliphatic carbocycles. The van der Waals surface area contributed by atoms with Crippen LogP contribution in [-0.2, 0) is 19.7 Å². The van der Waals surface area contributed by atoms with Crippen molar-refractivity contribution < 1.29 is 136 Å². The van der Waals surface area contributed by atoms with Gasteiger partial charge in [0, 0.05) is 11.4 Å². The SMILES string of the molecule is CCCCCC(CCCCC)(C(=O)[O-])C(C(=O)[O-])S(=O)(=O)O.[K+].[K+]. The summed E-state index contributed by atoms with van der Waals surface area (Å²) in [5.41, 5.74) is -2.17. The van der Waals surface area contributed by atoms with E-state index in [2.05, 4.69) is 0 Å². The van der Waals surface area contributed by atoms with Crippen molar-refractivity contribution in [2.45, 2.75) is 70.5 Å². The number of hydrogen-bond donors (Lipinski definition) is 1. The minimum absolute atomic E-state index is 0. The Labute approximate surface area is 229 Å². The minimum Gasteiger partial charge on any atom is -0.549 e. The maximum Gasteiger partial charge on any atom is 1.00 e. The van der Waals surface area contributed by atoms with Crippen LogP contribution < -0.4 is 113 Å². The Bertz CT molecular complexity index is 470. The van der Waals surface area contributed by atoms with Crippen LogP contribution in [0.25, 0.3) is 0 Å². The molecule has 0 aromatic carbocycles. The van der Waals surface area contributed by atoms with Gasteiger partial charge in [0.15, 0.2) is 0 Å². The van der Waals surface area contributed by atoms with Gasteiger partial charge >= 0.3 is 103 Å². The van der Waals surface area contributed by atoms with Gasteiger partial charge < -0.3 is 19.8 Å². The molecule has 0 spiro atoms. The van der Waals surface area contributed by atoms with Crippen molar-refractivity contribution in [1.82, 2.24) is 0 Å². The zero-order valence-corrected chi connectivity index (χ0v) is 22.1. The number of carbonyl (C=O) groups is 2. The van der Waals surface area contributed by atoms with Gasteiger partial charge in [0.2, 0.25) is 0 Å². The van der Waals surface area contributed by atoms with Crippen LogP contribution in [0, 0.1) is 5.41 Å². The standard InChI is InChI=1S/C14H26O7S.2K/c1-3-5-7-9-14(13(17)18,10-8-6-4-2)11(12(15)16)22(19,20)21;;/h11H,3-10H2,1-2H3,(H,15,16)(H,17,18)(H,19,20,21);;/q;2*+1/p-2. The summed E-state index contributed by atoms with van der Waals surface area (Å²) in [7, 11) is -5.12. The molecule has 0 aliphatic rings. The first-order valence-electron chi connectivity index (χ1n) is 7.52. The second kappa shape index (κ2) is 15.1. The quantitative estimate of drug-likeness (QED) is 0.191. The molecule has 0 aliphatic heterocycles. The molecule has 1 N–H and O–H groups in total. The number of carboxylic acid groups (broad SMARTS) is 2. The predicted octanol–water partition coefficient (Wildman–Crippen LogP) is -6.10. The second-order valence-electron chi connectivity index (χ2n) is 5.57. The fourth-order valence-corrected chi connectivity index (χ4v) is 3.86. The average molecular weight is 415 g/mol. The Hall–Kier alpha value is 2.12. The number of unbranched alkanes of at least 4 members (excludes halogenated alkanes) is 4. The van der Waals surface area contributed by atoms with Crippen molar-refractivity contribution >= 4 is 22.1 Å². The summed E-state index contributed by atoms with van der Waals surface area (Å²) in [6.07, 6.45) is 3.02. The van der Waals surface area contributed by atoms with E-state index in [1.165, 1.54) is 0 Å². The molecule has 1 unspecified atom stereocenters. The summed E-state index contributed by atoms with van der Waals surface area (Å²) in [6.45, 7) is 3.74. The molecule has 0 bridgehead atoms. The summed E-state index contributed by atoms with van der Waals surface area (Å²) in [5, 5.41) is 20.3. The maximum absolute atomic E-state index is 11.6. The number of rotatable bonds is 12. The third kappa shape index (κ3) is 9.88. The molecule has 0 radical (unpaired) electrons. The molecule has 0 saturated heterocycles. The molecular formula is C14H24K2O7S. The zero-order chi connectivity index (χ0) is 17.4. The van der Waals surface area contributed by atoms with Gasteiger partial charge in [-0.1, -0.05) is 52.4 Å². The van der Waals surface area contributed by atoms with Crippen molar-refractivity contribution in [3.05, 3.63) is 0 Å². The van der Waals surface area contributed by atoms with Crippen molar-refractivity contribution in [1.29, 1.82) is 0 Å². The van der Waals surface area contributed by atoms with Gasteiger partial charge in [-0.3, -0.25) is 4.55 Å². The fraction of sp³-hybridized carbons (Fsp3) is 0.857. The first-order valence-corrected chi connectivity index (χ1v) is 9.02. The van der Waals surface area contributed by atoms with Crippen molar-refractivity contribution in [2.24, 2.45) is 5.41 Å². The van der Waals surface area contributed by atoms with Gasteiger partial charge in [-0.05, 0) is 12.8 Å². The average Bonchev–Trinajstić information content (AvgIpc) is 2.36. The summed E-state index contributed by atoms with van der Waals surface area (Å²) < 4.78 is 32.1. The van der Waals surface area contributed by atoms with Crippen LogP contribution in [0.1, 0.15) is 65.2 Å². The number of aliphatic carboxylic acids is 2. The molecule has 0 rings (SSSR count). The first kappa shape index (κ1) is 30.8. The van der Waals surface area contributed by atoms with Gasteiger partial charge in [0.25, 0.3) is 10.1 Å². The Balaban J connectivity index is -0.00000220. The molecular weight excluding hydrogens is 390 g/mol. The summed E-state index contributed by atoms with van der Waals surface area (Å²) >= 11 is 0. The number of carboxylic acids is 2. The molecule has 0 heterocycles. The van der Waals surface area contributed by atoms with E-state index in [1.807, 2.05) is 13.8 Å². The van der Waals surface area contributed by atoms with E-state index in [0.29, 0.717) is 25.7 Å². The molecule has 1 atom stereocenters. The maximum atomic E-state index is 11.6. The normalized spacial score (nSPS) is 12.6. The Kier molecular flexibility index (Phi) is 19.4. The first-order chi connectivity index (χ1) is 10.1. The topological polar surface area (TPSA) is 135 Å². The Morgan fingerprint density at radius 3 is 1.54 bits per heavy atom. The molecule has 130 valence electrons. The third-order valence-corrected chi connectivity index (χ3v) is 5.11. The fourth-order valence-electron chi connectivity index (χ4n) is 2.71. The van der Waals surface area contributed by atoms with Gasteiger partial charge in [-0.25, -0.2) is 0 Å². The van der Waals surface area contributed by atoms with Crippen LogP contribution in [0.2, 0.25) is 0 Å². The monoisotopic (exact) mass is 414 g/mol. The third-order valence-electron chi connectivity index (χ3n) is 3.87. The van der Waals surface area contributed by atoms with E-state index in [9.17, 15) is 32.8 Å². The van der Waals surface area contributed by atoms with Crippen molar-refractivity contribution in [2.75, 3.05) is 0 Å². The van der Waals surface area contributed by atoms with Gasteiger partial charge in [-0.15, -0.1) is 0 Å². The van der Waals surface area contributed by atoms with Gasteiger partial charge in [0.05, 0.1) is 5.97 Å². The molecule has 7 nitrogen and oxygen atoms in total. The van der Waals surface area contributed by atoms with E-state index < -0.39 is 32.7 Å². The summed E-state index contributed by atoms with van der Waals surface area (Å²) in [4.78, 5) is 22.8. The Morgan fingerprint density at radius 2 is 1.33 bits per heavy atom. The van der Waals surface area contributed by atoms with Crippen LogP contribution in [0.15, 0.2) is 0 Å². The van der Waals surface area contributed by atoms with Crippen LogP contribution in [0.5, 0.6) is 0 Å². The van der Waals surface area contributed by atoms with Gasteiger partial charge in [-0.2, -0.15) is 8.42 Å². The molecule has 0 fully saturated rings. The van der Waals surface area contributed by atoms with E-state index in [4.69, 9.17) is 0 Å². The van der Waals surface area contributed by atoms with Crippen molar-refractivity contribution in [3.8, 4) is 0 Å². The van der Waals surface area contributed by atoms with E-state index in [-0.39, 0.29) is 116 Å². The zero-order valence-electron chi connectivity index (χ0n) is 15.0. The van der Waals surface area contributed by atoms with Crippen LogP contribution in [-0.4, -0.2) is 30.2 Å².